The molecule has 1 aliphatic carbocycles. The molecule has 2 heterocycles. The number of amides is 1. The van der Waals surface area contributed by atoms with Crippen molar-refractivity contribution in [1.29, 1.82) is 0 Å². The van der Waals surface area contributed by atoms with Crippen molar-refractivity contribution < 1.29 is 23.8 Å². The van der Waals surface area contributed by atoms with E-state index < -0.39 is 5.60 Å². The Labute approximate surface area is 204 Å². The predicted molar refractivity (Wildman–Crippen MR) is 130 cm³/mol. The maximum atomic E-state index is 13.8. The smallest absolute Gasteiger partial charge is 0.410 e. The van der Waals surface area contributed by atoms with Crippen LogP contribution in [-0.4, -0.2) is 48.0 Å². The van der Waals surface area contributed by atoms with Gasteiger partial charge in [0.1, 0.15) is 12.4 Å². The van der Waals surface area contributed by atoms with E-state index in [2.05, 4.69) is 24.3 Å². The summed E-state index contributed by atoms with van der Waals surface area (Å²) in [5, 5.41) is 11.5. The highest BCUT2D eigenvalue weighted by Crippen LogP contribution is 2.45. The van der Waals surface area contributed by atoms with Crippen LogP contribution in [0.3, 0.4) is 0 Å². The van der Waals surface area contributed by atoms with Gasteiger partial charge in [0.15, 0.2) is 0 Å². The first-order valence-corrected chi connectivity index (χ1v) is 12.1. The molecule has 2 unspecified atom stereocenters. The van der Waals surface area contributed by atoms with E-state index in [4.69, 9.17) is 9.47 Å². The average molecular weight is 474 g/mol. The van der Waals surface area contributed by atoms with Crippen LogP contribution in [0.1, 0.15) is 41.0 Å². The Morgan fingerprint density at radius 2 is 1.63 bits per heavy atom. The van der Waals surface area contributed by atoms with E-state index in [0.29, 0.717) is 37.2 Å². The van der Waals surface area contributed by atoms with Crippen LogP contribution in [0.4, 0.5) is 9.18 Å². The van der Waals surface area contributed by atoms with E-state index in [-0.39, 0.29) is 36.5 Å². The van der Waals surface area contributed by atoms with Crippen molar-refractivity contribution in [2.24, 2.45) is 0 Å². The predicted octanol–water partition coefficient (Wildman–Crippen LogP) is 5.13. The third-order valence-electron chi connectivity index (χ3n) is 7.80. The molecule has 3 aliphatic rings. The number of piperidine rings is 1. The van der Waals surface area contributed by atoms with Gasteiger partial charge < -0.3 is 14.6 Å². The number of nitrogens with zero attached hydrogens (tertiary/aromatic N) is 1. The number of carbonyl (C=O) groups excluding carboxylic acids is 1. The molecule has 2 atom stereocenters. The molecular weight excluding hydrogens is 445 g/mol. The fourth-order valence-electron chi connectivity index (χ4n) is 6.11. The zero-order valence-corrected chi connectivity index (χ0v) is 19.6. The van der Waals surface area contributed by atoms with Crippen LogP contribution in [0.15, 0.2) is 66.7 Å². The molecule has 0 aromatic heterocycles. The van der Waals surface area contributed by atoms with Crippen LogP contribution < -0.4 is 0 Å². The first-order valence-electron chi connectivity index (χ1n) is 12.1. The molecule has 0 radical (unpaired) electrons. The molecule has 0 spiro atoms. The van der Waals surface area contributed by atoms with Crippen LogP contribution >= 0.6 is 0 Å². The zero-order valence-electron chi connectivity index (χ0n) is 19.6. The van der Waals surface area contributed by atoms with Gasteiger partial charge in [0.05, 0.1) is 30.9 Å². The normalized spacial score (nSPS) is 25.2. The Bertz CT molecular complexity index is 1230. The second kappa shape index (κ2) is 8.47. The summed E-state index contributed by atoms with van der Waals surface area (Å²) in [4.78, 5) is 15.1. The summed E-state index contributed by atoms with van der Waals surface area (Å²) in [5.41, 5.74) is 4.75. The largest absolute Gasteiger partial charge is 0.448 e. The number of carbonyl (C=O) groups is 1. The SMILES string of the molecule is Cc1cc(C2(O)CC3COCC(C2)N3C(=O)OCC2c3ccccc3-c3ccccc32)ccc1F. The van der Waals surface area contributed by atoms with Crippen LogP contribution in [0, 0.1) is 12.7 Å². The molecule has 2 saturated heterocycles. The maximum absolute atomic E-state index is 13.8. The molecule has 180 valence electrons. The number of benzene rings is 3. The number of aliphatic hydroxyl groups is 1. The van der Waals surface area contributed by atoms with Crippen LogP contribution in [-0.2, 0) is 15.1 Å². The molecule has 1 amide bonds. The molecule has 3 aromatic rings. The third kappa shape index (κ3) is 3.72. The Kier molecular flexibility index (Phi) is 5.38. The second-order valence-corrected chi connectivity index (χ2v) is 9.96. The number of hydrogen-bond acceptors (Lipinski definition) is 4. The molecule has 2 aliphatic heterocycles. The van der Waals surface area contributed by atoms with Gasteiger partial charge in [-0.1, -0.05) is 60.7 Å². The van der Waals surface area contributed by atoms with Crippen molar-refractivity contribution in [3.63, 3.8) is 0 Å². The molecule has 0 saturated carbocycles. The molecule has 6 heteroatoms. The minimum atomic E-state index is -1.14. The average Bonchev–Trinajstić information content (AvgIpc) is 3.17. The standard InChI is InChI=1S/C29H28FNO4/c1-18-12-19(10-11-27(18)30)29(33)13-20-15-34-16-21(14-29)31(20)28(32)35-17-26-24-8-4-2-6-22(24)23-7-3-5-9-25(23)26/h2-12,20-21,26,33H,13-17H2,1H3. The molecule has 1 N–H and O–H groups in total. The Morgan fingerprint density at radius 1 is 1.03 bits per heavy atom. The van der Waals surface area contributed by atoms with E-state index in [1.165, 1.54) is 28.3 Å². The summed E-state index contributed by atoms with van der Waals surface area (Å²) in [6, 6.07) is 20.6. The number of hydrogen-bond donors (Lipinski definition) is 1. The highest BCUT2D eigenvalue weighted by Gasteiger charge is 2.49. The van der Waals surface area contributed by atoms with Gasteiger partial charge in [0.2, 0.25) is 0 Å². The van der Waals surface area contributed by atoms with E-state index in [0.717, 1.165) is 0 Å². The summed E-state index contributed by atoms with van der Waals surface area (Å²) < 4.78 is 25.5. The summed E-state index contributed by atoms with van der Waals surface area (Å²) in [5.74, 6) is -0.302. The van der Waals surface area contributed by atoms with Gasteiger partial charge in [0.25, 0.3) is 0 Å². The van der Waals surface area contributed by atoms with Gasteiger partial charge in [-0.3, -0.25) is 4.90 Å². The first-order chi connectivity index (χ1) is 16.9. The molecule has 5 nitrogen and oxygen atoms in total. The van der Waals surface area contributed by atoms with Crippen LogP contribution in [0.5, 0.6) is 0 Å². The highest BCUT2D eigenvalue weighted by atomic mass is 19.1. The van der Waals surface area contributed by atoms with Crippen molar-refractivity contribution in [2.45, 2.75) is 43.4 Å². The number of aryl methyl sites for hydroxylation is 1. The molecular formula is C29H28FNO4. The first kappa shape index (κ1) is 22.3. The van der Waals surface area contributed by atoms with Gasteiger partial charge in [-0.2, -0.15) is 0 Å². The lowest BCUT2D eigenvalue weighted by molar-refractivity contribution is -0.136. The molecule has 3 aromatic carbocycles. The Hall–Kier alpha value is -3.22. The number of halogens is 1. The summed E-state index contributed by atoms with van der Waals surface area (Å²) in [6.07, 6.45) is 0.264. The van der Waals surface area contributed by atoms with Gasteiger partial charge in [-0.15, -0.1) is 0 Å². The molecule has 2 bridgehead atoms. The molecule has 35 heavy (non-hydrogen) atoms. The lowest BCUT2D eigenvalue weighted by Gasteiger charge is -2.51. The number of rotatable bonds is 3. The second-order valence-electron chi connectivity index (χ2n) is 9.96. The van der Waals surface area contributed by atoms with Crippen molar-refractivity contribution >= 4 is 6.09 Å². The fourth-order valence-corrected chi connectivity index (χ4v) is 6.11. The van der Waals surface area contributed by atoms with E-state index in [1.807, 2.05) is 24.3 Å². The quantitative estimate of drug-likeness (QED) is 0.573. The Balaban J connectivity index is 1.21. The molecule has 2 fully saturated rings. The summed E-state index contributed by atoms with van der Waals surface area (Å²) in [6.45, 7) is 2.62. The van der Waals surface area contributed by atoms with E-state index in [9.17, 15) is 14.3 Å². The minimum Gasteiger partial charge on any atom is -0.448 e. The number of ether oxygens (including phenoxy) is 2. The van der Waals surface area contributed by atoms with Crippen molar-refractivity contribution in [3.8, 4) is 11.1 Å². The fraction of sp³-hybridized carbons (Fsp3) is 0.345. The van der Waals surface area contributed by atoms with Crippen LogP contribution in [0.2, 0.25) is 0 Å². The van der Waals surface area contributed by atoms with Gasteiger partial charge in [-0.25, -0.2) is 9.18 Å². The monoisotopic (exact) mass is 473 g/mol. The Morgan fingerprint density at radius 3 is 2.23 bits per heavy atom. The number of fused-ring (bicyclic) bond motifs is 5. The van der Waals surface area contributed by atoms with Crippen molar-refractivity contribution in [3.05, 3.63) is 94.8 Å². The van der Waals surface area contributed by atoms with Gasteiger partial charge >= 0.3 is 6.09 Å². The summed E-state index contributed by atoms with van der Waals surface area (Å²) >= 11 is 0. The topological polar surface area (TPSA) is 59.0 Å². The third-order valence-corrected chi connectivity index (χ3v) is 7.80. The van der Waals surface area contributed by atoms with Gasteiger partial charge in [0, 0.05) is 18.8 Å². The van der Waals surface area contributed by atoms with Crippen molar-refractivity contribution in [2.75, 3.05) is 19.8 Å². The number of morpholine rings is 1. The van der Waals surface area contributed by atoms with Crippen LogP contribution in [0.25, 0.3) is 11.1 Å². The maximum Gasteiger partial charge on any atom is 0.410 e. The summed E-state index contributed by atoms with van der Waals surface area (Å²) in [7, 11) is 0. The van der Waals surface area contributed by atoms with E-state index in [1.54, 1.807) is 24.0 Å². The lowest BCUT2D eigenvalue weighted by Crippen LogP contribution is -2.62. The van der Waals surface area contributed by atoms with Gasteiger partial charge in [-0.05, 0) is 46.4 Å². The minimum absolute atomic E-state index is 0.00801. The molecule has 6 rings (SSSR count). The highest BCUT2D eigenvalue weighted by molar-refractivity contribution is 5.79. The zero-order chi connectivity index (χ0) is 24.2. The van der Waals surface area contributed by atoms with E-state index >= 15 is 0 Å². The van der Waals surface area contributed by atoms with Crippen molar-refractivity contribution in [1.82, 2.24) is 4.90 Å². The lowest BCUT2D eigenvalue weighted by atomic mass is 9.76.